The van der Waals surface area contributed by atoms with Crippen molar-refractivity contribution in [2.45, 2.75) is 38.8 Å². The van der Waals surface area contributed by atoms with E-state index >= 15 is 0 Å². The van der Waals surface area contributed by atoms with Crippen LogP contribution in [-0.4, -0.2) is 24.3 Å². The van der Waals surface area contributed by atoms with Crippen molar-refractivity contribution in [3.8, 4) is 5.75 Å². The second-order valence-corrected chi connectivity index (χ2v) is 7.33. The summed E-state index contributed by atoms with van der Waals surface area (Å²) in [4.78, 5) is 13.2. The Morgan fingerprint density at radius 2 is 1.84 bits per heavy atom. The van der Waals surface area contributed by atoms with Crippen LogP contribution in [0.1, 0.15) is 35.1 Å². The smallest absolute Gasteiger partial charge is 0.124 e. The summed E-state index contributed by atoms with van der Waals surface area (Å²) in [6.07, 6.45) is 5.21. The molecule has 2 aromatic rings. The van der Waals surface area contributed by atoms with Crippen LogP contribution in [0.3, 0.4) is 0 Å². The molecular weight excluding hydrogens is 310 g/mol. The van der Waals surface area contributed by atoms with Gasteiger partial charge in [-0.2, -0.15) is 0 Å². The van der Waals surface area contributed by atoms with Crippen molar-refractivity contribution in [2.75, 3.05) is 13.2 Å². The summed E-state index contributed by atoms with van der Waals surface area (Å²) >= 11 is 0. The minimum absolute atomic E-state index is 0.520. The summed E-state index contributed by atoms with van der Waals surface area (Å²) in [5.74, 6) is 1.78. The second kappa shape index (κ2) is 7.40. The predicted molar refractivity (Wildman–Crippen MR) is 98.7 cm³/mol. The van der Waals surface area contributed by atoms with Gasteiger partial charge in [0, 0.05) is 26.1 Å². The predicted octanol–water partition coefficient (Wildman–Crippen LogP) is 3.78. The average molecular weight is 335 g/mol. The number of hydrogen-bond donors (Lipinski definition) is 0. The molecule has 0 saturated heterocycles. The van der Waals surface area contributed by atoms with Crippen LogP contribution in [0.5, 0.6) is 5.75 Å². The highest BCUT2D eigenvalue weighted by atomic mass is 16.5. The summed E-state index contributed by atoms with van der Waals surface area (Å²) in [6, 6.07) is 15.0. The van der Waals surface area contributed by atoms with Crippen molar-refractivity contribution in [1.82, 2.24) is 4.90 Å². The fraction of sp³-hybridized carbons (Fsp3) is 0.409. The minimum atomic E-state index is 0.520. The van der Waals surface area contributed by atoms with Crippen LogP contribution in [0.2, 0.25) is 0 Å². The highest BCUT2D eigenvalue weighted by Crippen LogP contribution is 2.29. The number of carbonyl (C=O) groups excluding carboxylic acids is 1. The Morgan fingerprint density at radius 1 is 1.04 bits per heavy atom. The van der Waals surface area contributed by atoms with E-state index in [0.29, 0.717) is 6.42 Å². The van der Waals surface area contributed by atoms with Crippen molar-refractivity contribution in [2.24, 2.45) is 5.92 Å². The number of fused-ring (bicyclic) bond motifs is 1. The first-order valence-corrected chi connectivity index (χ1v) is 9.28. The lowest BCUT2D eigenvalue weighted by atomic mass is 9.96. The molecule has 2 aromatic carbocycles. The number of nitrogens with zero attached hydrogens (tertiary/aromatic N) is 1. The van der Waals surface area contributed by atoms with E-state index in [-0.39, 0.29) is 0 Å². The van der Waals surface area contributed by atoms with Crippen LogP contribution in [0.25, 0.3) is 0 Å². The monoisotopic (exact) mass is 335 g/mol. The van der Waals surface area contributed by atoms with Gasteiger partial charge in [-0.1, -0.05) is 30.3 Å². The standard InChI is InChI=1S/C22H25NO2/c24-12-10-17-3-6-21-15-23(11-9-20(21)13-17)14-18-4-7-22(8-5-18)25-16-19-1-2-19/h3-8,12-13,19H,1-2,9-11,14-16H2. The Hall–Kier alpha value is -2.13. The van der Waals surface area contributed by atoms with E-state index in [1.54, 1.807) is 0 Å². The molecule has 1 saturated carbocycles. The molecule has 130 valence electrons. The van der Waals surface area contributed by atoms with Gasteiger partial charge in [0.25, 0.3) is 0 Å². The molecule has 0 radical (unpaired) electrons. The molecule has 1 aliphatic heterocycles. The van der Waals surface area contributed by atoms with Gasteiger partial charge >= 0.3 is 0 Å². The van der Waals surface area contributed by atoms with Crippen LogP contribution in [-0.2, 0) is 30.7 Å². The number of carbonyl (C=O) groups is 1. The van der Waals surface area contributed by atoms with Crippen molar-refractivity contribution < 1.29 is 9.53 Å². The number of aldehydes is 1. The first kappa shape index (κ1) is 16.3. The quantitative estimate of drug-likeness (QED) is 0.721. The van der Waals surface area contributed by atoms with Gasteiger partial charge in [0.1, 0.15) is 12.0 Å². The number of ether oxygens (including phenoxy) is 1. The van der Waals surface area contributed by atoms with Crippen LogP contribution < -0.4 is 4.74 Å². The Kier molecular flexibility index (Phi) is 4.84. The van der Waals surface area contributed by atoms with Crippen LogP contribution >= 0.6 is 0 Å². The van der Waals surface area contributed by atoms with Crippen LogP contribution in [0, 0.1) is 5.92 Å². The maximum Gasteiger partial charge on any atom is 0.124 e. The van der Waals surface area contributed by atoms with Gasteiger partial charge in [0.05, 0.1) is 6.61 Å². The van der Waals surface area contributed by atoms with Crippen LogP contribution in [0.4, 0.5) is 0 Å². The fourth-order valence-electron chi connectivity index (χ4n) is 3.47. The fourth-order valence-corrected chi connectivity index (χ4v) is 3.47. The Labute approximate surface area is 149 Å². The minimum Gasteiger partial charge on any atom is -0.493 e. The van der Waals surface area contributed by atoms with Crippen LogP contribution in [0.15, 0.2) is 42.5 Å². The lowest BCUT2D eigenvalue weighted by Gasteiger charge is -2.29. The average Bonchev–Trinajstić information content (AvgIpc) is 3.46. The molecule has 0 spiro atoms. The normalized spacial score (nSPS) is 17.1. The number of benzene rings is 2. The third-order valence-electron chi connectivity index (χ3n) is 5.19. The molecule has 0 amide bonds. The molecule has 1 fully saturated rings. The van der Waals surface area contributed by atoms with Crippen molar-refractivity contribution in [3.05, 3.63) is 64.7 Å². The van der Waals surface area contributed by atoms with E-state index in [1.165, 1.54) is 29.5 Å². The highest BCUT2D eigenvalue weighted by Gasteiger charge is 2.22. The van der Waals surface area contributed by atoms with E-state index in [2.05, 4.69) is 47.4 Å². The van der Waals surface area contributed by atoms with Gasteiger partial charge in [-0.05, 0) is 59.6 Å². The van der Waals surface area contributed by atoms with Gasteiger partial charge in [-0.25, -0.2) is 0 Å². The molecule has 3 heteroatoms. The summed E-state index contributed by atoms with van der Waals surface area (Å²) in [7, 11) is 0. The lowest BCUT2D eigenvalue weighted by molar-refractivity contribution is -0.107. The number of hydrogen-bond acceptors (Lipinski definition) is 3. The molecule has 0 bridgehead atoms. The molecule has 25 heavy (non-hydrogen) atoms. The second-order valence-electron chi connectivity index (χ2n) is 7.33. The third kappa shape index (κ3) is 4.29. The molecule has 0 N–H and O–H groups in total. The maximum atomic E-state index is 10.7. The third-order valence-corrected chi connectivity index (χ3v) is 5.19. The van der Waals surface area contributed by atoms with Gasteiger partial charge in [-0.15, -0.1) is 0 Å². The van der Waals surface area contributed by atoms with E-state index in [1.807, 2.05) is 0 Å². The van der Waals surface area contributed by atoms with E-state index in [4.69, 9.17) is 4.74 Å². The largest absolute Gasteiger partial charge is 0.493 e. The zero-order valence-electron chi connectivity index (χ0n) is 14.6. The molecule has 0 aromatic heterocycles. The van der Waals surface area contributed by atoms with Crippen molar-refractivity contribution in [1.29, 1.82) is 0 Å². The van der Waals surface area contributed by atoms with E-state index in [0.717, 1.165) is 56.2 Å². The van der Waals surface area contributed by atoms with Gasteiger partial charge < -0.3 is 9.53 Å². The highest BCUT2D eigenvalue weighted by molar-refractivity contribution is 5.55. The van der Waals surface area contributed by atoms with Gasteiger partial charge in [0.15, 0.2) is 0 Å². The summed E-state index contributed by atoms with van der Waals surface area (Å²) in [6.45, 7) is 3.89. The summed E-state index contributed by atoms with van der Waals surface area (Å²) in [5, 5.41) is 0. The summed E-state index contributed by atoms with van der Waals surface area (Å²) < 4.78 is 5.81. The Balaban J connectivity index is 1.34. The van der Waals surface area contributed by atoms with E-state index < -0.39 is 0 Å². The maximum absolute atomic E-state index is 10.7. The molecular formula is C22H25NO2. The first-order chi connectivity index (χ1) is 12.3. The van der Waals surface area contributed by atoms with Gasteiger partial charge in [0.2, 0.25) is 0 Å². The molecule has 2 aliphatic rings. The lowest BCUT2D eigenvalue weighted by Crippen LogP contribution is -2.30. The van der Waals surface area contributed by atoms with Crippen molar-refractivity contribution >= 4 is 6.29 Å². The SMILES string of the molecule is O=CCc1ccc2c(c1)CCN(Cc1ccc(OCC3CC3)cc1)C2. The first-order valence-electron chi connectivity index (χ1n) is 9.28. The van der Waals surface area contributed by atoms with E-state index in [9.17, 15) is 4.79 Å². The zero-order valence-corrected chi connectivity index (χ0v) is 14.6. The molecule has 0 atom stereocenters. The Bertz CT molecular complexity index is 734. The molecule has 4 rings (SSSR count). The molecule has 3 nitrogen and oxygen atoms in total. The summed E-state index contributed by atoms with van der Waals surface area (Å²) in [5.41, 5.74) is 5.26. The zero-order chi connectivity index (χ0) is 17.1. The Morgan fingerprint density at radius 3 is 2.60 bits per heavy atom. The van der Waals surface area contributed by atoms with Gasteiger partial charge in [-0.3, -0.25) is 4.90 Å². The van der Waals surface area contributed by atoms with Crippen molar-refractivity contribution in [3.63, 3.8) is 0 Å². The topological polar surface area (TPSA) is 29.5 Å². The molecule has 0 unspecified atom stereocenters. The molecule has 1 heterocycles. The number of rotatable bonds is 7. The molecule has 1 aliphatic carbocycles.